The van der Waals surface area contributed by atoms with E-state index in [1.165, 1.54) is 0 Å². The standard InChI is InChI=1S/C17H16N2O3S.ClH/c1-18-16(20)12-6-4-5-7-14(12)23-15-9-8-11(22-3)10-13(15)17(21)19(23)2;/h4-10H,1-3H3;1H. The van der Waals surface area contributed by atoms with Crippen LogP contribution in [0.5, 0.6) is 5.75 Å². The average molecular weight is 365 g/mol. The molecule has 0 spiro atoms. The van der Waals surface area contributed by atoms with E-state index < -0.39 is 10.7 Å². The molecule has 0 bridgehead atoms. The number of nitrogens with one attached hydrogen (secondary N) is 1. The van der Waals surface area contributed by atoms with E-state index in [4.69, 9.17) is 4.74 Å². The molecule has 2 aromatic carbocycles. The van der Waals surface area contributed by atoms with Crippen molar-refractivity contribution < 1.29 is 21.9 Å². The topological polar surface area (TPSA) is 60.3 Å². The Morgan fingerprint density at radius 3 is 2.58 bits per heavy atom. The van der Waals surface area contributed by atoms with Crippen molar-refractivity contribution >= 4 is 26.7 Å². The number of halogens is 1. The first kappa shape index (κ1) is 18.0. The SMILES string of the molecule is CNC(=O)c1ccccc1-[s+]1c2ccc(OC)cc2c(=O)n1C.[Cl-]. The van der Waals surface area contributed by atoms with Gasteiger partial charge in [-0.2, -0.15) is 0 Å². The summed E-state index contributed by atoms with van der Waals surface area (Å²) < 4.78 is 7.81. The first-order chi connectivity index (χ1) is 11.1. The minimum absolute atomic E-state index is 0. The van der Waals surface area contributed by atoms with Gasteiger partial charge in [0.2, 0.25) is 9.60 Å². The van der Waals surface area contributed by atoms with Gasteiger partial charge in [0.1, 0.15) is 27.4 Å². The number of hydrogen-bond donors (Lipinski definition) is 1. The van der Waals surface area contributed by atoms with Crippen LogP contribution in [0, 0.1) is 0 Å². The van der Waals surface area contributed by atoms with E-state index in [0.29, 0.717) is 16.7 Å². The molecule has 0 saturated heterocycles. The lowest BCUT2D eigenvalue weighted by Gasteiger charge is -2.02. The summed E-state index contributed by atoms with van der Waals surface area (Å²) in [6.07, 6.45) is 0. The number of aromatic nitrogens is 1. The molecule has 126 valence electrons. The predicted molar refractivity (Wildman–Crippen MR) is 92.9 cm³/mol. The van der Waals surface area contributed by atoms with Crippen LogP contribution in [0.15, 0.2) is 47.3 Å². The van der Waals surface area contributed by atoms with E-state index in [1.54, 1.807) is 37.3 Å². The van der Waals surface area contributed by atoms with Crippen molar-refractivity contribution in [2.24, 2.45) is 7.05 Å². The summed E-state index contributed by atoms with van der Waals surface area (Å²) in [5.41, 5.74) is 0.524. The maximum absolute atomic E-state index is 12.6. The maximum atomic E-state index is 12.6. The zero-order chi connectivity index (χ0) is 16.6. The van der Waals surface area contributed by atoms with Crippen molar-refractivity contribution in [3.05, 3.63) is 58.4 Å². The first-order valence-electron chi connectivity index (χ1n) is 7.10. The monoisotopic (exact) mass is 364 g/mol. The molecular formula is C17H17ClN2O3S. The number of carbonyl (C=O) groups excluding carboxylic acids is 1. The Hall–Kier alpha value is -2.31. The molecule has 0 fully saturated rings. The number of carbonyl (C=O) groups is 1. The summed E-state index contributed by atoms with van der Waals surface area (Å²) in [4.78, 5) is 25.6. The number of nitrogens with zero attached hydrogens (tertiary/aromatic N) is 1. The summed E-state index contributed by atoms with van der Waals surface area (Å²) >= 11 is 0. The molecule has 0 radical (unpaired) electrons. The van der Waals surface area contributed by atoms with Gasteiger partial charge in [-0.3, -0.25) is 9.59 Å². The van der Waals surface area contributed by atoms with Crippen LogP contribution in [0.25, 0.3) is 15.0 Å². The Kier molecular flexibility index (Phi) is 5.31. The smallest absolute Gasteiger partial charge is 0.304 e. The second kappa shape index (κ2) is 7.07. The summed E-state index contributed by atoms with van der Waals surface area (Å²) in [5, 5.41) is 3.28. The van der Waals surface area contributed by atoms with Gasteiger partial charge in [0.25, 0.3) is 5.91 Å². The molecule has 1 aromatic heterocycles. The summed E-state index contributed by atoms with van der Waals surface area (Å²) in [7, 11) is 4.32. The van der Waals surface area contributed by atoms with Crippen LogP contribution < -0.4 is 28.0 Å². The van der Waals surface area contributed by atoms with Crippen LogP contribution in [0.2, 0.25) is 0 Å². The van der Waals surface area contributed by atoms with Crippen molar-refractivity contribution in [2.45, 2.75) is 0 Å². The molecule has 7 heteroatoms. The van der Waals surface area contributed by atoms with Crippen molar-refractivity contribution in [1.82, 2.24) is 9.27 Å². The Bertz CT molecular complexity index is 962. The van der Waals surface area contributed by atoms with Crippen LogP contribution >= 0.6 is 10.7 Å². The molecule has 24 heavy (non-hydrogen) atoms. The molecule has 3 aromatic rings. The lowest BCUT2D eigenvalue weighted by molar-refractivity contribution is -0.0000131. The number of hydrogen-bond acceptors (Lipinski definition) is 3. The van der Waals surface area contributed by atoms with Gasteiger partial charge in [-0.25, -0.2) is 0 Å². The van der Waals surface area contributed by atoms with Crippen molar-refractivity contribution in [1.29, 1.82) is 0 Å². The Balaban J connectivity index is 0.00000208. The number of methoxy groups -OCH3 is 1. The minimum atomic E-state index is -0.617. The van der Waals surface area contributed by atoms with Crippen LogP contribution in [0.3, 0.4) is 0 Å². The third kappa shape index (κ3) is 2.79. The molecular weight excluding hydrogens is 348 g/mol. The van der Waals surface area contributed by atoms with Crippen LogP contribution in [0.1, 0.15) is 10.4 Å². The van der Waals surface area contributed by atoms with Gasteiger partial charge in [0, 0.05) is 19.2 Å². The fourth-order valence-electron chi connectivity index (χ4n) is 2.60. The number of rotatable bonds is 3. The Morgan fingerprint density at radius 1 is 1.21 bits per heavy atom. The zero-order valence-electron chi connectivity index (χ0n) is 13.5. The molecule has 1 heterocycles. The molecule has 1 unspecified atom stereocenters. The zero-order valence-corrected chi connectivity index (χ0v) is 15.1. The predicted octanol–water partition coefficient (Wildman–Crippen LogP) is -0.351. The number of benzene rings is 2. The van der Waals surface area contributed by atoms with Gasteiger partial charge in [-0.1, -0.05) is 12.1 Å². The highest BCUT2D eigenvalue weighted by atomic mass is 35.5. The molecule has 1 atom stereocenters. The van der Waals surface area contributed by atoms with Crippen molar-refractivity contribution in [3.8, 4) is 10.6 Å². The average Bonchev–Trinajstić information content (AvgIpc) is 2.84. The van der Waals surface area contributed by atoms with E-state index in [1.807, 2.05) is 30.3 Å². The molecule has 1 amide bonds. The van der Waals surface area contributed by atoms with Crippen LogP contribution in [-0.4, -0.2) is 24.0 Å². The quantitative estimate of drug-likeness (QED) is 0.646. The summed E-state index contributed by atoms with van der Waals surface area (Å²) in [6.45, 7) is 0. The number of amides is 1. The molecule has 0 aliphatic carbocycles. The van der Waals surface area contributed by atoms with Crippen molar-refractivity contribution in [3.63, 3.8) is 0 Å². The molecule has 5 nitrogen and oxygen atoms in total. The first-order valence-corrected chi connectivity index (χ1v) is 8.28. The van der Waals surface area contributed by atoms with E-state index in [9.17, 15) is 9.59 Å². The second-order valence-electron chi connectivity index (χ2n) is 5.02. The van der Waals surface area contributed by atoms with Crippen molar-refractivity contribution in [2.75, 3.05) is 14.2 Å². The van der Waals surface area contributed by atoms with E-state index in [2.05, 4.69) is 5.32 Å². The number of ether oxygens (including phenoxy) is 1. The van der Waals surface area contributed by atoms with E-state index in [-0.39, 0.29) is 23.9 Å². The van der Waals surface area contributed by atoms with Gasteiger partial charge in [0.05, 0.1) is 14.2 Å². The third-order valence-electron chi connectivity index (χ3n) is 3.75. The molecule has 0 aliphatic heterocycles. The van der Waals surface area contributed by atoms with Crippen LogP contribution in [-0.2, 0) is 7.05 Å². The maximum Gasteiger partial charge on any atom is 0.304 e. The summed E-state index contributed by atoms with van der Waals surface area (Å²) in [6, 6.07) is 12.9. The van der Waals surface area contributed by atoms with Gasteiger partial charge in [-0.05, 0) is 18.2 Å². The Morgan fingerprint density at radius 2 is 1.92 bits per heavy atom. The van der Waals surface area contributed by atoms with Crippen LogP contribution in [0.4, 0.5) is 0 Å². The van der Waals surface area contributed by atoms with Gasteiger partial charge >= 0.3 is 5.56 Å². The fourth-order valence-corrected chi connectivity index (χ4v) is 4.81. The summed E-state index contributed by atoms with van der Waals surface area (Å²) in [5.74, 6) is 0.492. The fraction of sp³-hybridized carbons (Fsp3) is 0.176. The second-order valence-corrected chi connectivity index (χ2v) is 7.02. The number of fused-ring (bicyclic) bond motifs is 1. The Labute approximate surface area is 148 Å². The van der Waals surface area contributed by atoms with Gasteiger partial charge < -0.3 is 22.5 Å². The molecule has 1 N–H and O–H groups in total. The van der Waals surface area contributed by atoms with Gasteiger partial charge in [-0.15, -0.1) is 3.96 Å². The van der Waals surface area contributed by atoms with Gasteiger partial charge in [0.15, 0.2) is 0 Å². The highest BCUT2D eigenvalue weighted by Gasteiger charge is 2.28. The lowest BCUT2D eigenvalue weighted by Crippen LogP contribution is -3.00. The largest absolute Gasteiger partial charge is 1.00 e. The lowest BCUT2D eigenvalue weighted by atomic mass is 10.2. The van der Waals surface area contributed by atoms with E-state index in [0.717, 1.165) is 9.60 Å². The highest BCUT2D eigenvalue weighted by Crippen LogP contribution is 2.39. The minimum Gasteiger partial charge on any atom is -1.00 e. The van der Waals surface area contributed by atoms with E-state index >= 15 is 0 Å². The molecule has 3 rings (SSSR count). The molecule has 0 aliphatic rings. The normalized spacial score (nSPS) is 11.0. The third-order valence-corrected chi connectivity index (χ3v) is 6.01. The molecule has 0 saturated carbocycles. The highest BCUT2D eigenvalue weighted by molar-refractivity contribution is 7.41.